The van der Waals surface area contributed by atoms with Crippen LogP contribution in [0.25, 0.3) is 50.0 Å². The summed E-state index contributed by atoms with van der Waals surface area (Å²) in [6.45, 7) is 4.54. The molecule has 1 atom stereocenters. The summed E-state index contributed by atoms with van der Waals surface area (Å²) in [5.41, 5.74) is 7.65. The lowest BCUT2D eigenvalue weighted by molar-refractivity contribution is 0.620. The Morgan fingerprint density at radius 2 is 1.56 bits per heavy atom. The molecule has 156 valence electrons. The summed E-state index contributed by atoms with van der Waals surface area (Å²) in [6.07, 6.45) is 1.14. The number of fused-ring (bicyclic) bond motifs is 4. The van der Waals surface area contributed by atoms with Crippen molar-refractivity contribution in [1.29, 1.82) is 0 Å². The SMILES string of the molecule is CCC(C)c1ccc2c(c1)c1ccccc1n2-c1ccc(-c2nc3ccccc3o2)cc1. The molecular weight excluding hydrogens is 392 g/mol. The molecule has 4 aromatic carbocycles. The van der Waals surface area contributed by atoms with Gasteiger partial charge in [0, 0.05) is 22.0 Å². The van der Waals surface area contributed by atoms with Crippen LogP contribution >= 0.6 is 0 Å². The van der Waals surface area contributed by atoms with Crippen LogP contribution in [0.1, 0.15) is 31.7 Å². The quantitative estimate of drug-likeness (QED) is 0.291. The third kappa shape index (κ3) is 2.93. The fraction of sp³-hybridized carbons (Fsp3) is 0.138. The Labute approximate surface area is 186 Å². The van der Waals surface area contributed by atoms with Crippen LogP contribution in [0.15, 0.2) is 95.4 Å². The fourth-order valence-corrected chi connectivity index (χ4v) is 4.56. The van der Waals surface area contributed by atoms with Crippen LogP contribution in [0.2, 0.25) is 0 Å². The van der Waals surface area contributed by atoms with E-state index in [9.17, 15) is 0 Å². The van der Waals surface area contributed by atoms with Crippen LogP contribution in [0.5, 0.6) is 0 Å². The lowest BCUT2D eigenvalue weighted by atomic mass is 9.97. The van der Waals surface area contributed by atoms with E-state index >= 15 is 0 Å². The van der Waals surface area contributed by atoms with Gasteiger partial charge in [0.15, 0.2) is 5.58 Å². The van der Waals surface area contributed by atoms with Gasteiger partial charge in [-0.25, -0.2) is 4.98 Å². The summed E-state index contributed by atoms with van der Waals surface area (Å²) in [4.78, 5) is 4.64. The van der Waals surface area contributed by atoms with E-state index in [1.54, 1.807) is 0 Å². The van der Waals surface area contributed by atoms with Crippen molar-refractivity contribution in [3.05, 3.63) is 96.6 Å². The molecule has 0 saturated carbocycles. The van der Waals surface area contributed by atoms with Gasteiger partial charge < -0.3 is 8.98 Å². The van der Waals surface area contributed by atoms with Gasteiger partial charge in [-0.1, -0.05) is 50.2 Å². The second kappa shape index (κ2) is 7.38. The van der Waals surface area contributed by atoms with Crippen LogP contribution in [0.4, 0.5) is 0 Å². The number of oxazole rings is 1. The monoisotopic (exact) mass is 416 g/mol. The van der Waals surface area contributed by atoms with E-state index < -0.39 is 0 Å². The summed E-state index contributed by atoms with van der Waals surface area (Å²) in [7, 11) is 0. The summed E-state index contributed by atoms with van der Waals surface area (Å²) in [5, 5.41) is 2.59. The second-order valence-electron chi connectivity index (χ2n) is 8.47. The first-order chi connectivity index (χ1) is 15.7. The van der Waals surface area contributed by atoms with E-state index in [-0.39, 0.29) is 0 Å². The molecule has 3 heteroatoms. The maximum absolute atomic E-state index is 5.95. The average Bonchev–Trinajstić information content (AvgIpc) is 3.43. The van der Waals surface area contributed by atoms with Crippen LogP contribution < -0.4 is 0 Å². The predicted molar refractivity (Wildman–Crippen MR) is 132 cm³/mol. The minimum atomic E-state index is 0.553. The van der Waals surface area contributed by atoms with Gasteiger partial charge in [-0.15, -0.1) is 0 Å². The topological polar surface area (TPSA) is 31.0 Å². The first-order valence-corrected chi connectivity index (χ1v) is 11.2. The molecule has 0 aliphatic carbocycles. The maximum Gasteiger partial charge on any atom is 0.227 e. The van der Waals surface area contributed by atoms with E-state index in [1.807, 2.05) is 24.3 Å². The summed E-state index contributed by atoms with van der Waals surface area (Å²) in [6, 6.07) is 31.9. The van der Waals surface area contributed by atoms with Crippen molar-refractivity contribution < 1.29 is 4.42 Å². The predicted octanol–water partition coefficient (Wildman–Crippen LogP) is 8.11. The van der Waals surface area contributed by atoms with Gasteiger partial charge in [0.05, 0.1) is 11.0 Å². The van der Waals surface area contributed by atoms with Crippen molar-refractivity contribution in [1.82, 2.24) is 9.55 Å². The van der Waals surface area contributed by atoms with Crippen molar-refractivity contribution in [2.45, 2.75) is 26.2 Å². The molecule has 0 spiro atoms. The number of para-hydroxylation sites is 3. The van der Waals surface area contributed by atoms with Crippen molar-refractivity contribution in [2.24, 2.45) is 0 Å². The molecular formula is C29H24N2O. The Morgan fingerprint density at radius 1 is 0.812 bits per heavy atom. The minimum Gasteiger partial charge on any atom is -0.436 e. The molecule has 0 aliphatic rings. The number of aromatic nitrogens is 2. The highest BCUT2D eigenvalue weighted by Crippen LogP contribution is 2.35. The first-order valence-electron chi connectivity index (χ1n) is 11.2. The van der Waals surface area contributed by atoms with Gasteiger partial charge in [0.2, 0.25) is 5.89 Å². The number of hydrogen-bond donors (Lipinski definition) is 0. The largest absolute Gasteiger partial charge is 0.436 e. The van der Waals surface area contributed by atoms with Crippen LogP contribution in [0.3, 0.4) is 0 Å². The molecule has 0 amide bonds. The molecule has 2 aromatic heterocycles. The van der Waals surface area contributed by atoms with Gasteiger partial charge in [0.1, 0.15) is 5.52 Å². The van der Waals surface area contributed by atoms with Crippen LogP contribution in [-0.4, -0.2) is 9.55 Å². The van der Waals surface area contributed by atoms with E-state index in [0.29, 0.717) is 11.8 Å². The fourth-order valence-electron chi connectivity index (χ4n) is 4.56. The lowest BCUT2D eigenvalue weighted by Crippen LogP contribution is -1.95. The zero-order chi connectivity index (χ0) is 21.7. The van der Waals surface area contributed by atoms with E-state index in [4.69, 9.17) is 4.42 Å². The molecule has 2 heterocycles. The summed E-state index contributed by atoms with van der Waals surface area (Å²) in [5.74, 6) is 1.20. The average molecular weight is 417 g/mol. The van der Waals surface area contributed by atoms with Gasteiger partial charge in [0.25, 0.3) is 0 Å². The molecule has 1 unspecified atom stereocenters. The first kappa shape index (κ1) is 18.9. The van der Waals surface area contributed by atoms with Gasteiger partial charge in [-0.2, -0.15) is 0 Å². The van der Waals surface area contributed by atoms with Crippen molar-refractivity contribution in [3.63, 3.8) is 0 Å². The summed E-state index contributed by atoms with van der Waals surface area (Å²) < 4.78 is 8.30. The molecule has 6 rings (SSSR count). The molecule has 0 aliphatic heterocycles. The zero-order valence-electron chi connectivity index (χ0n) is 18.2. The second-order valence-corrected chi connectivity index (χ2v) is 8.47. The van der Waals surface area contributed by atoms with Crippen LogP contribution in [-0.2, 0) is 0 Å². The zero-order valence-corrected chi connectivity index (χ0v) is 18.2. The smallest absolute Gasteiger partial charge is 0.227 e. The Morgan fingerprint density at radius 3 is 2.38 bits per heavy atom. The highest BCUT2D eigenvalue weighted by Gasteiger charge is 2.15. The summed E-state index contributed by atoms with van der Waals surface area (Å²) >= 11 is 0. The molecule has 0 saturated heterocycles. The highest BCUT2D eigenvalue weighted by atomic mass is 16.3. The molecule has 32 heavy (non-hydrogen) atoms. The van der Waals surface area contributed by atoms with Gasteiger partial charge >= 0.3 is 0 Å². The van der Waals surface area contributed by atoms with Crippen molar-refractivity contribution in [3.8, 4) is 17.1 Å². The number of hydrogen-bond acceptors (Lipinski definition) is 2. The molecule has 3 nitrogen and oxygen atoms in total. The maximum atomic E-state index is 5.95. The molecule has 0 radical (unpaired) electrons. The lowest BCUT2D eigenvalue weighted by Gasteiger charge is -2.11. The van der Waals surface area contributed by atoms with E-state index in [1.165, 1.54) is 27.4 Å². The number of nitrogens with zero attached hydrogens (tertiary/aromatic N) is 2. The van der Waals surface area contributed by atoms with Gasteiger partial charge in [-0.05, 0) is 72.5 Å². The Hall–Kier alpha value is -3.85. The standard InChI is InChI=1S/C29H24N2O/c1-3-19(2)21-14-17-27-24(18-21)23-8-4-6-10-26(23)31(27)22-15-12-20(13-16-22)29-30-25-9-5-7-11-28(25)32-29/h4-19H,3H2,1-2H3. The van der Waals surface area contributed by atoms with E-state index in [0.717, 1.165) is 28.8 Å². The Balaban J connectivity index is 1.49. The third-order valence-electron chi connectivity index (χ3n) is 6.54. The molecule has 6 aromatic rings. The Bertz CT molecular complexity index is 1540. The number of rotatable bonds is 4. The van der Waals surface area contributed by atoms with Crippen molar-refractivity contribution >= 4 is 32.9 Å². The van der Waals surface area contributed by atoms with Crippen LogP contribution in [0, 0.1) is 0 Å². The molecule has 0 bridgehead atoms. The Kier molecular flexibility index (Phi) is 4.36. The molecule has 0 fully saturated rings. The number of benzene rings is 4. The third-order valence-corrected chi connectivity index (χ3v) is 6.54. The minimum absolute atomic E-state index is 0.553. The van der Waals surface area contributed by atoms with Crippen molar-refractivity contribution in [2.75, 3.05) is 0 Å². The molecule has 0 N–H and O–H groups in total. The highest BCUT2D eigenvalue weighted by molar-refractivity contribution is 6.09. The normalized spacial score (nSPS) is 12.7. The van der Waals surface area contributed by atoms with E-state index in [2.05, 4.69) is 90.1 Å². The van der Waals surface area contributed by atoms with Gasteiger partial charge in [-0.3, -0.25) is 0 Å².